The molecule has 0 atom stereocenters. The van der Waals surface area contributed by atoms with E-state index >= 15 is 0 Å². The molecule has 28 heavy (non-hydrogen) atoms. The van der Waals surface area contributed by atoms with Crippen molar-refractivity contribution in [2.24, 2.45) is 0 Å². The van der Waals surface area contributed by atoms with E-state index in [-0.39, 0.29) is 12.1 Å². The molecule has 0 aliphatic carbocycles. The average molecular weight is 384 g/mol. The second kappa shape index (κ2) is 9.87. The van der Waals surface area contributed by atoms with E-state index in [1.807, 2.05) is 25.1 Å². The molecule has 150 valence electrons. The lowest BCUT2D eigenvalue weighted by Crippen LogP contribution is -2.42. The molecule has 0 saturated carbocycles. The number of rotatable bonds is 7. The SMILES string of the molecule is CCOC(=O)N1CCC(Nc2cnnc(N(CC)Cc3ccccc3)n2)CC1. The van der Waals surface area contributed by atoms with Gasteiger partial charge in [-0.2, -0.15) is 10.1 Å². The van der Waals surface area contributed by atoms with Crippen molar-refractivity contribution in [3.63, 3.8) is 0 Å². The first-order valence-corrected chi connectivity index (χ1v) is 9.86. The Labute approximate surface area is 165 Å². The molecule has 2 aromatic rings. The number of benzene rings is 1. The van der Waals surface area contributed by atoms with Gasteiger partial charge < -0.3 is 19.9 Å². The van der Waals surface area contributed by atoms with Gasteiger partial charge in [0.15, 0.2) is 5.82 Å². The number of nitrogens with one attached hydrogen (secondary N) is 1. The van der Waals surface area contributed by atoms with E-state index in [0.717, 1.165) is 25.9 Å². The van der Waals surface area contributed by atoms with Gasteiger partial charge in [0.05, 0.1) is 12.8 Å². The van der Waals surface area contributed by atoms with Gasteiger partial charge in [-0.05, 0) is 32.3 Å². The number of hydrogen-bond donors (Lipinski definition) is 1. The van der Waals surface area contributed by atoms with Crippen LogP contribution in [0.5, 0.6) is 0 Å². The van der Waals surface area contributed by atoms with E-state index < -0.39 is 0 Å². The number of anilines is 2. The molecule has 0 radical (unpaired) electrons. The third-order valence-electron chi connectivity index (χ3n) is 4.80. The fraction of sp³-hybridized carbons (Fsp3) is 0.500. The zero-order valence-corrected chi connectivity index (χ0v) is 16.5. The number of hydrogen-bond acceptors (Lipinski definition) is 7. The molecule has 1 N–H and O–H groups in total. The van der Waals surface area contributed by atoms with E-state index in [4.69, 9.17) is 4.74 Å². The van der Waals surface area contributed by atoms with Gasteiger partial charge in [0, 0.05) is 32.2 Å². The number of nitrogens with zero attached hydrogens (tertiary/aromatic N) is 5. The Morgan fingerprint density at radius 2 is 2.00 bits per heavy atom. The normalized spacial score (nSPS) is 14.6. The highest BCUT2D eigenvalue weighted by molar-refractivity contribution is 5.67. The molecule has 0 spiro atoms. The van der Waals surface area contributed by atoms with Gasteiger partial charge in [0.25, 0.3) is 0 Å². The molecule has 1 aliphatic rings. The van der Waals surface area contributed by atoms with Gasteiger partial charge in [0.2, 0.25) is 5.95 Å². The summed E-state index contributed by atoms with van der Waals surface area (Å²) in [7, 11) is 0. The number of carbonyl (C=O) groups is 1. The lowest BCUT2D eigenvalue weighted by molar-refractivity contribution is 0.0983. The molecular weight excluding hydrogens is 356 g/mol. The van der Waals surface area contributed by atoms with Crippen molar-refractivity contribution in [3.05, 3.63) is 42.1 Å². The van der Waals surface area contributed by atoms with Crippen LogP contribution in [-0.4, -0.2) is 58.5 Å². The highest BCUT2D eigenvalue weighted by atomic mass is 16.6. The highest BCUT2D eigenvalue weighted by Crippen LogP contribution is 2.18. The molecule has 1 saturated heterocycles. The topological polar surface area (TPSA) is 83.5 Å². The van der Waals surface area contributed by atoms with Crippen LogP contribution in [0.4, 0.5) is 16.6 Å². The number of carbonyl (C=O) groups excluding carboxylic acids is 1. The molecule has 1 amide bonds. The lowest BCUT2D eigenvalue weighted by atomic mass is 10.1. The lowest BCUT2D eigenvalue weighted by Gasteiger charge is -2.31. The maximum Gasteiger partial charge on any atom is 0.409 e. The number of aromatic nitrogens is 3. The van der Waals surface area contributed by atoms with E-state index in [1.165, 1.54) is 5.56 Å². The van der Waals surface area contributed by atoms with Crippen LogP contribution in [0.25, 0.3) is 0 Å². The van der Waals surface area contributed by atoms with Crippen LogP contribution in [0.1, 0.15) is 32.3 Å². The Balaban J connectivity index is 1.58. The summed E-state index contributed by atoms with van der Waals surface area (Å²) in [5.41, 5.74) is 1.21. The number of piperidine rings is 1. The summed E-state index contributed by atoms with van der Waals surface area (Å²) >= 11 is 0. The Hall–Kier alpha value is -2.90. The Kier molecular flexibility index (Phi) is 7.00. The summed E-state index contributed by atoms with van der Waals surface area (Å²) in [6, 6.07) is 10.5. The largest absolute Gasteiger partial charge is 0.450 e. The predicted octanol–water partition coefficient (Wildman–Crippen LogP) is 2.93. The van der Waals surface area contributed by atoms with E-state index in [0.29, 0.717) is 31.5 Å². The van der Waals surface area contributed by atoms with Crippen LogP contribution in [0.15, 0.2) is 36.5 Å². The van der Waals surface area contributed by atoms with Crippen molar-refractivity contribution in [2.75, 3.05) is 36.5 Å². The van der Waals surface area contributed by atoms with Crippen molar-refractivity contribution >= 4 is 17.9 Å². The average Bonchev–Trinajstić information content (AvgIpc) is 2.73. The zero-order valence-electron chi connectivity index (χ0n) is 16.5. The molecule has 3 rings (SSSR count). The summed E-state index contributed by atoms with van der Waals surface area (Å²) < 4.78 is 5.07. The van der Waals surface area contributed by atoms with Crippen molar-refractivity contribution < 1.29 is 9.53 Å². The minimum absolute atomic E-state index is 0.230. The fourth-order valence-electron chi connectivity index (χ4n) is 3.26. The van der Waals surface area contributed by atoms with Crippen molar-refractivity contribution in [1.29, 1.82) is 0 Å². The second-order valence-corrected chi connectivity index (χ2v) is 6.75. The van der Waals surface area contributed by atoms with Gasteiger partial charge in [-0.25, -0.2) is 4.79 Å². The van der Waals surface area contributed by atoms with Gasteiger partial charge in [-0.3, -0.25) is 0 Å². The molecule has 8 heteroatoms. The summed E-state index contributed by atoms with van der Waals surface area (Å²) in [5.74, 6) is 1.33. The van der Waals surface area contributed by atoms with Gasteiger partial charge >= 0.3 is 6.09 Å². The first-order valence-electron chi connectivity index (χ1n) is 9.86. The van der Waals surface area contributed by atoms with Gasteiger partial charge in [0.1, 0.15) is 0 Å². The van der Waals surface area contributed by atoms with Gasteiger partial charge in [-0.15, -0.1) is 5.10 Å². The molecule has 2 heterocycles. The molecule has 0 bridgehead atoms. The van der Waals surface area contributed by atoms with Crippen LogP contribution in [0.3, 0.4) is 0 Å². The van der Waals surface area contributed by atoms with E-state index in [2.05, 4.69) is 44.5 Å². The van der Waals surface area contributed by atoms with E-state index in [9.17, 15) is 4.79 Å². The summed E-state index contributed by atoms with van der Waals surface area (Å²) in [6.45, 7) is 7.19. The van der Waals surface area contributed by atoms with Crippen LogP contribution in [0, 0.1) is 0 Å². The third-order valence-corrected chi connectivity index (χ3v) is 4.80. The second-order valence-electron chi connectivity index (χ2n) is 6.75. The fourth-order valence-corrected chi connectivity index (χ4v) is 3.26. The maximum atomic E-state index is 11.8. The first-order chi connectivity index (χ1) is 13.7. The molecule has 1 aromatic heterocycles. The van der Waals surface area contributed by atoms with Crippen molar-refractivity contribution in [2.45, 2.75) is 39.3 Å². The molecule has 1 aliphatic heterocycles. The molecule has 1 aromatic carbocycles. The van der Waals surface area contributed by atoms with Gasteiger partial charge in [-0.1, -0.05) is 30.3 Å². The zero-order chi connectivity index (χ0) is 19.8. The van der Waals surface area contributed by atoms with Crippen LogP contribution < -0.4 is 10.2 Å². The molecule has 1 fully saturated rings. The molecule has 0 unspecified atom stereocenters. The van der Waals surface area contributed by atoms with E-state index in [1.54, 1.807) is 11.1 Å². The first kappa shape index (κ1) is 19.9. The number of likely N-dealkylation sites (tertiary alicyclic amines) is 1. The van der Waals surface area contributed by atoms with Crippen LogP contribution in [0.2, 0.25) is 0 Å². The van der Waals surface area contributed by atoms with Crippen LogP contribution in [-0.2, 0) is 11.3 Å². The molecule has 8 nitrogen and oxygen atoms in total. The monoisotopic (exact) mass is 384 g/mol. The Morgan fingerprint density at radius 3 is 2.68 bits per heavy atom. The summed E-state index contributed by atoms with van der Waals surface area (Å²) in [6.07, 6.45) is 3.11. The standard InChI is InChI=1S/C20H28N6O2/c1-3-25(15-16-8-6-5-7-9-16)19-23-18(14-21-24-19)22-17-10-12-26(13-11-17)20(27)28-4-2/h5-9,14,17H,3-4,10-13,15H2,1-2H3,(H,22,23,24). The summed E-state index contributed by atoms with van der Waals surface area (Å²) in [4.78, 5) is 20.3. The predicted molar refractivity (Wildman–Crippen MR) is 108 cm³/mol. The minimum atomic E-state index is -0.230. The Bertz CT molecular complexity index is 749. The van der Waals surface area contributed by atoms with Crippen LogP contribution >= 0.6 is 0 Å². The smallest absolute Gasteiger partial charge is 0.409 e. The van der Waals surface area contributed by atoms with Crippen molar-refractivity contribution in [1.82, 2.24) is 20.1 Å². The maximum absolute atomic E-state index is 11.8. The van der Waals surface area contributed by atoms with Crippen molar-refractivity contribution in [3.8, 4) is 0 Å². The Morgan fingerprint density at radius 1 is 1.25 bits per heavy atom. The summed E-state index contributed by atoms with van der Waals surface area (Å²) in [5, 5.41) is 11.8. The third kappa shape index (κ3) is 5.31. The quantitative estimate of drug-likeness (QED) is 0.786. The highest BCUT2D eigenvalue weighted by Gasteiger charge is 2.24. The minimum Gasteiger partial charge on any atom is -0.450 e. The molecular formula is C20H28N6O2. The number of ether oxygens (including phenoxy) is 1. The number of amides is 1.